The van der Waals surface area contributed by atoms with E-state index in [1.54, 1.807) is 0 Å². The Hall–Kier alpha value is -1.76. The Bertz CT molecular complexity index is 618. The molecule has 112 valence electrons. The molecular weight excluding hydrogens is 343 g/mol. The third-order valence-electron chi connectivity index (χ3n) is 3.14. The van der Waals surface area contributed by atoms with Gasteiger partial charge in [0.05, 0.1) is 11.3 Å². The van der Waals surface area contributed by atoms with Crippen molar-refractivity contribution in [3.8, 4) is 0 Å². The molecule has 0 unspecified atom stereocenters. The van der Waals surface area contributed by atoms with Gasteiger partial charge < -0.3 is 5.32 Å². The first-order valence-electron chi connectivity index (χ1n) is 6.57. The molecule has 1 N–H and O–H groups in total. The zero-order chi connectivity index (χ0) is 15.6. The number of amides is 2. The van der Waals surface area contributed by atoms with Crippen LogP contribution in [0.15, 0.2) is 16.6 Å². The monoisotopic (exact) mass is 356 g/mol. The van der Waals surface area contributed by atoms with Crippen LogP contribution in [0.4, 0.5) is 10.1 Å². The number of ketones is 1. The summed E-state index contributed by atoms with van der Waals surface area (Å²) in [6.07, 6.45) is 1.78. The predicted molar refractivity (Wildman–Crippen MR) is 78.7 cm³/mol. The Morgan fingerprint density at radius 2 is 2.10 bits per heavy atom. The van der Waals surface area contributed by atoms with Crippen molar-refractivity contribution < 1.29 is 18.8 Å². The number of fused-ring (bicyclic) bond motifs is 1. The van der Waals surface area contributed by atoms with Crippen LogP contribution in [0, 0.1) is 5.82 Å². The first-order valence-corrected chi connectivity index (χ1v) is 7.37. The van der Waals surface area contributed by atoms with Crippen LogP contribution in [-0.4, -0.2) is 30.7 Å². The van der Waals surface area contributed by atoms with Gasteiger partial charge in [-0.2, -0.15) is 0 Å². The highest BCUT2D eigenvalue weighted by atomic mass is 79.9. The highest BCUT2D eigenvalue weighted by Gasteiger charge is 2.38. The molecule has 0 spiro atoms. The Morgan fingerprint density at radius 3 is 2.76 bits per heavy atom. The van der Waals surface area contributed by atoms with Gasteiger partial charge in [-0.25, -0.2) is 4.39 Å². The number of hydrogen-bond acceptors (Lipinski definition) is 3. The minimum atomic E-state index is -0.818. The van der Waals surface area contributed by atoms with Gasteiger partial charge in [-0.1, -0.05) is 13.3 Å². The third-order valence-corrected chi connectivity index (χ3v) is 3.74. The summed E-state index contributed by atoms with van der Waals surface area (Å²) >= 11 is 3.13. The Balaban J connectivity index is 2.21. The molecule has 0 bridgehead atoms. The van der Waals surface area contributed by atoms with Crippen LogP contribution in [0.5, 0.6) is 0 Å². The van der Waals surface area contributed by atoms with E-state index >= 15 is 0 Å². The Morgan fingerprint density at radius 1 is 1.38 bits per heavy atom. The van der Waals surface area contributed by atoms with E-state index < -0.39 is 17.5 Å². The van der Waals surface area contributed by atoms with Crippen LogP contribution < -0.4 is 10.2 Å². The minimum absolute atomic E-state index is 0.0202. The number of rotatable bonds is 5. The summed E-state index contributed by atoms with van der Waals surface area (Å²) in [6.45, 7) is 2.25. The molecule has 0 saturated carbocycles. The van der Waals surface area contributed by atoms with Crippen LogP contribution in [0.2, 0.25) is 0 Å². The zero-order valence-corrected chi connectivity index (χ0v) is 13.0. The molecule has 1 aromatic rings. The van der Waals surface area contributed by atoms with Crippen LogP contribution >= 0.6 is 15.9 Å². The van der Waals surface area contributed by atoms with Gasteiger partial charge in [0.1, 0.15) is 12.4 Å². The van der Waals surface area contributed by atoms with Crippen LogP contribution in [-0.2, 0) is 9.59 Å². The maximum absolute atomic E-state index is 13.3. The fraction of sp³-hybridized carbons (Fsp3) is 0.357. The van der Waals surface area contributed by atoms with Gasteiger partial charge in [-0.3, -0.25) is 19.3 Å². The number of unbranched alkanes of at least 4 members (excludes halogenated alkanes) is 1. The lowest BCUT2D eigenvalue weighted by molar-refractivity contribution is -0.122. The molecule has 0 aromatic heterocycles. The molecular formula is C14H14BrFN2O3. The topological polar surface area (TPSA) is 66.5 Å². The number of hydrogen-bond donors (Lipinski definition) is 1. The summed E-state index contributed by atoms with van der Waals surface area (Å²) in [6, 6.07) is 2.17. The maximum atomic E-state index is 13.3. The number of anilines is 1. The maximum Gasteiger partial charge on any atom is 0.299 e. The summed E-state index contributed by atoms with van der Waals surface area (Å²) in [5, 5.41) is 2.67. The van der Waals surface area contributed by atoms with Crippen molar-refractivity contribution in [3.05, 3.63) is 28.0 Å². The second-order valence-corrected chi connectivity index (χ2v) is 5.56. The average molecular weight is 357 g/mol. The van der Waals surface area contributed by atoms with Gasteiger partial charge in [0.2, 0.25) is 5.91 Å². The summed E-state index contributed by atoms with van der Waals surface area (Å²) in [5.74, 6) is -2.59. The van der Waals surface area contributed by atoms with Crippen LogP contribution in [0.25, 0.3) is 0 Å². The number of carbonyl (C=O) groups excluding carboxylic acids is 3. The molecule has 5 nitrogen and oxygen atoms in total. The van der Waals surface area contributed by atoms with Gasteiger partial charge in [-0.05, 0) is 34.5 Å². The molecule has 1 aliphatic rings. The second kappa shape index (κ2) is 6.34. The molecule has 21 heavy (non-hydrogen) atoms. The van der Waals surface area contributed by atoms with E-state index in [4.69, 9.17) is 0 Å². The van der Waals surface area contributed by atoms with E-state index in [0.717, 1.165) is 29.9 Å². The molecule has 2 rings (SSSR count). The summed E-state index contributed by atoms with van der Waals surface area (Å²) in [5.41, 5.74) is 0.227. The van der Waals surface area contributed by atoms with Crippen molar-refractivity contribution in [1.29, 1.82) is 0 Å². The molecule has 0 fully saturated rings. The van der Waals surface area contributed by atoms with Gasteiger partial charge in [-0.15, -0.1) is 0 Å². The lowest BCUT2D eigenvalue weighted by Crippen LogP contribution is -2.40. The SMILES string of the molecule is CCCCNC(=O)CN1C(=O)C(=O)c2cc(F)cc(Br)c21. The first-order chi connectivity index (χ1) is 9.95. The second-order valence-electron chi connectivity index (χ2n) is 4.71. The fourth-order valence-electron chi connectivity index (χ4n) is 2.11. The van der Waals surface area contributed by atoms with Gasteiger partial charge in [0.15, 0.2) is 0 Å². The Kier molecular flexibility index (Phi) is 4.72. The van der Waals surface area contributed by atoms with Crippen LogP contribution in [0.1, 0.15) is 30.1 Å². The smallest absolute Gasteiger partial charge is 0.299 e. The van der Waals surface area contributed by atoms with Crippen molar-refractivity contribution in [1.82, 2.24) is 5.32 Å². The number of carbonyl (C=O) groups is 3. The van der Waals surface area contributed by atoms with Crippen LogP contribution in [0.3, 0.4) is 0 Å². The summed E-state index contributed by atoms with van der Waals surface area (Å²) in [7, 11) is 0. The summed E-state index contributed by atoms with van der Waals surface area (Å²) in [4.78, 5) is 36.7. The molecule has 7 heteroatoms. The van der Waals surface area contributed by atoms with Gasteiger partial charge in [0.25, 0.3) is 11.7 Å². The van der Waals surface area contributed by atoms with Crippen molar-refractivity contribution in [3.63, 3.8) is 0 Å². The lowest BCUT2D eigenvalue weighted by atomic mass is 10.1. The number of halogens is 2. The third kappa shape index (κ3) is 3.12. The van der Waals surface area contributed by atoms with E-state index in [-0.39, 0.29) is 28.2 Å². The molecule has 0 saturated heterocycles. The lowest BCUT2D eigenvalue weighted by Gasteiger charge is -2.17. The highest BCUT2D eigenvalue weighted by Crippen LogP contribution is 2.36. The number of nitrogens with zero attached hydrogens (tertiary/aromatic N) is 1. The standard InChI is InChI=1S/C14H14BrFN2O3/c1-2-3-4-17-11(19)7-18-12-9(13(20)14(18)21)5-8(16)6-10(12)15/h5-6H,2-4,7H2,1H3,(H,17,19). The van der Waals surface area contributed by atoms with Gasteiger partial charge >= 0.3 is 0 Å². The number of Topliss-reactive ketones (excluding diaryl/α,β-unsaturated/α-hetero) is 1. The van der Waals surface area contributed by atoms with E-state index in [9.17, 15) is 18.8 Å². The normalized spacial score (nSPS) is 13.6. The molecule has 0 atom stereocenters. The van der Waals surface area contributed by atoms with Gasteiger partial charge in [0, 0.05) is 11.0 Å². The molecule has 0 aliphatic carbocycles. The van der Waals surface area contributed by atoms with E-state index in [1.807, 2.05) is 6.92 Å². The Labute approximate surface area is 129 Å². The summed E-state index contributed by atoms with van der Waals surface area (Å²) < 4.78 is 13.6. The average Bonchev–Trinajstić information content (AvgIpc) is 2.64. The van der Waals surface area contributed by atoms with E-state index in [0.29, 0.717) is 6.54 Å². The van der Waals surface area contributed by atoms with E-state index in [2.05, 4.69) is 21.2 Å². The molecule has 1 heterocycles. The van der Waals surface area contributed by atoms with Crippen molar-refractivity contribution in [2.45, 2.75) is 19.8 Å². The largest absolute Gasteiger partial charge is 0.355 e. The first kappa shape index (κ1) is 15.6. The molecule has 1 aliphatic heterocycles. The highest BCUT2D eigenvalue weighted by molar-refractivity contribution is 9.10. The molecule has 2 amide bonds. The van der Waals surface area contributed by atoms with E-state index in [1.165, 1.54) is 0 Å². The van der Waals surface area contributed by atoms with Crippen molar-refractivity contribution >= 4 is 39.2 Å². The van der Waals surface area contributed by atoms with Crippen molar-refractivity contribution in [2.75, 3.05) is 18.0 Å². The molecule has 0 radical (unpaired) electrons. The number of nitrogens with one attached hydrogen (secondary N) is 1. The molecule has 1 aromatic carbocycles. The zero-order valence-electron chi connectivity index (χ0n) is 11.4. The fourth-order valence-corrected chi connectivity index (χ4v) is 2.75. The predicted octanol–water partition coefficient (Wildman–Crippen LogP) is 2.03. The quantitative estimate of drug-likeness (QED) is 0.648. The number of benzene rings is 1. The van der Waals surface area contributed by atoms with Crippen molar-refractivity contribution in [2.24, 2.45) is 0 Å². The minimum Gasteiger partial charge on any atom is -0.355 e.